The summed E-state index contributed by atoms with van der Waals surface area (Å²) in [4.78, 5) is 7.14. The van der Waals surface area contributed by atoms with Crippen LogP contribution in [0.15, 0.2) is 46.7 Å². The van der Waals surface area contributed by atoms with Crippen LogP contribution in [0.5, 0.6) is 11.5 Å². The second-order valence-corrected chi connectivity index (χ2v) is 7.16. The number of fused-ring (bicyclic) bond motifs is 1. The van der Waals surface area contributed by atoms with E-state index in [1.165, 1.54) is 24.8 Å². The second kappa shape index (κ2) is 7.96. The summed E-state index contributed by atoms with van der Waals surface area (Å²) >= 11 is 0. The van der Waals surface area contributed by atoms with Crippen LogP contribution in [0.4, 0.5) is 0 Å². The van der Waals surface area contributed by atoms with Crippen molar-refractivity contribution in [3.05, 3.63) is 47.3 Å². The maximum absolute atomic E-state index is 5.57. The van der Waals surface area contributed by atoms with Crippen molar-refractivity contribution in [3.63, 3.8) is 0 Å². The molecule has 1 unspecified atom stereocenters. The summed E-state index contributed by atoms with van der Waals surface area (Å²) in [5.41, 5.74) is 2.49. The number of likely N-dealkylation sites (tertiary alicyclic amines) is 1. The normalized spacial score (nSPS) is 22.0. The van der Waals surface area contributed by atoms with Gasteiger partial charge in [-0.2, -0.15) is 0 Å². The van der Waals surface area contributed by atoms with Gasteiger partial charge in [-0.25, -0.2) is 4.99 Å². The van der Waals surface area contributed by atoms with Crippen molar-refractivity contribution in [1.82, 2.24) is 10.2 Å². The molecule has 3 aliphatic heterocycles. The van der Waals surface area contributed by atoms with Crippen molar-refractivity contribution in [3.8, 4) is 11.5 Å². The molecule has 0 radical (unpaired) electrons. The maximum atomic E-state index is 5.57. The molecule has 0 bridgehead atoms. The number of para-hydroxylation sites is 1. The minimum absolute atomic E-state index is 0.316. The van der Waals surface area contributed by atoms with Crippen LogP contribution in [-0.4, -0.2) is 37.0 Å². The molecule has 0 aliphatic carbocycles. The van der Waals surface area contributed by atoms with E-state index in [9.17, 15) is 0 Å². The summed E-state index contributed by atoms with van der Waals surface area (Å²) in [5, 5.41) is 3.52. The van der Waals surface area contributed by atoms with Crippen molar-refractivity contribution in [1.29, 1.82) is 0 Å². The van der Waals surface area contributed by atoms with Gasteiger partial charge in [-0.15, -0.1) is 0 Å². The van der Waals surface area contributed by atoms with Crippen LogP contribution in [0.1, 0.15) is 38.2 Å². The largest absolute Gasteiger partial charge is 0.454 e. The number of piperidine rings is 1. The van der Waals surface area contributed by atoms with E-state index in [0.29, 0.717) is 12.8 Å². The zero-order valence-corrected chi connectivity index (χ0v) is 15.4. The summed E-state index contributed by atoms with van der Waals surface area (Å²) in [5.74, 6) is 2.85. The lowest BCUT2D eigenvalue weighted by Crippen LogP contribution is -2.36. The predicted molar refractivity (Wildman–Crippen MR) is 104 cm³/mol. The Morgan fingerprint density at radius 2 is 2.19 bits per heavy atom. The Morgan fingerprint density at radius 3 is 3.12 bits per heavy atom. The summed E-state index contributed by atoms with van der Waals surface area (Å²) in [6.07, 6.45) is 11.2. The number of rotatable bonds is 5. The molecular weight excluding hydrogens is 326 g/mol. The van der Waals surface area contributed by atoms with Gasteiger partial charge in [0, 0.05) is 37.5 Å². The van der Waals surface area contributed by atoms with Crippen LogP contribution >= 0.6 is 0 Å². The summed E-state index contributed by atoms with van der Waals surface area (Å²) in [7, 11) is 0. The van der Waals surface area contributed by atoms with Crippen LogP contribution in [0.3, 0.4) is 0 Å². The second-order valence-electron chi connectivity index (χ2n) is 7.16. The molecular formula is C21H27N3O2. The van der Waals surface area contributed by atoms with Gasteiger partial charge in [-0.3, -0.25) is 0 Å². The zero-order valence-electron chi connectivity index (χ0n) is 15.4. The summed E-state index contributed by atoms with van der Waals surface area (Å²) < 4.78 is 11.0. The van der Waals surface area contributed by atoms with Gasteiger partial charge in [-0.05, 0) is 50.8 Å². The van der Waals surface area contributed by atoms with Gasteiger partial charge in [0.05, 0.1) is 0 Å². The van der Waals surface area contributed by atoms with Crippen molar-refractivity contribution in [2.45, 2.75) is 45.2 Å². The number of ether oxygens (including phenoxy) is 2. The Balaban J connectivity index is 1.32. The first-order valence-corrected chi connectivity index (χ1v) is 9.58. The highest BCUT2D eigenvalue weighted by Crippen LogP contribution is 2.35. The van der Waals surface area contributed by atoms with E-state index >= 15 is 0 Å². The summed E-state index contributed by atoms with van der Waals surface area (Å²) in [6, 6.07) is 6.63. The lowest BCUT2D eigenvalue weighted by atomic mass is 10.0. The van der Waals surface area contributed by atoms with Crippen molar-refractivity contribution >= 4 is 6.21 Å². The highest BCUT2D eigenvalue weighted by Gasteiger charge is 2.20. The Labute approximate surface area is 155 Å². The first kappa shape index (κ1) is 17.2. The first-order valence-electron chi connectivity index (χ1n) is 9.58. The van der Waals surface area contributed by atoms with E-state index in [1.807, 2.05) is 18.3 Å². The predicted octanol–water partition coefficient (Wildman–Crippen LogP) is 3.62. The molecule has 3 aliphatic rings. The monoisotopic (exact) mass is 353 g/mol. The zero-order chi connectivity index (χ0) is 17.8. The van der Waals surface area contributed by atoms with Crippen LogP contribution < -0.4 is 14.8 Å². The van der Waals surface area contributed by atoms with Gasteiger partial charge in [0.25, 0.3) is 0 Å². The number of aliphatic imine (C=N–C) groups is 1. The molecule has 138 valence electrons. The maximum Gasteiger partial charge on any atom is 0.231 e. The number of nitrogens with zero attached hydrogens (tertiary/aromatic N) is 2. The molecule has 4 rings (SSSR count). The minimum atomic E-state index is 0.316. The van der Waals surface area contributed by atoms with E-state index in [1.54, 1.807) is 0 Å². The van der Waals surface area contributed by atoms with Gasteiger partial charge in [-0.1, -0.05) is 17.7 Å². The minimum Gasteiger partial charge on any atom is -0.454 e. The van der Waals surface area contributed by atoms with E-state index in [0.717, 1.165) is 48.9 Å². The molecule has 0 amide bonds. The van der Waals surface area contributed by atoms with Crippen LogP contribution in [0.25, 0.3) is 0 Å². The number of hydrogen-bond donors (Lipinski definition) is 1. The third-order valence-electron chi connectivity index (χ3n) is 5.31. The molecule has 1 saturated heterocycles. The van der Waals surface area contributed by atoms with E-state index in [4.69, 9.17) is 9.47 Å². The highest BCUT2D eigenvalue weighted by atomic mass is 16.7. The molecule has 1 aromatic carbocycles. The molecule has 1 N–H and O–H groups in total. The van der Waals surface area contributed by atoms with Gasteiger partial charge >= 0.3 is 0 Å². The standard InChI is InChI=1S/C21H27N3O2/c1-16-5-2-3-12-24(16)20-9-8-17(10-11-23-20)13-22-14-18-6-4-7-19-21(18)26-15-25-19/h4,6-7,9-11,16,22H,2-3,5,8,12-15H2,1H3. The Bertz CT molecular complexity index is 739. The average Bonchev–Trinajstić information content (AvgIpc) is 3.02. The van der Waals surface area contributed by atoms with Crippen molar-refractivity contribution in [2.24, 2.45) is 4.99 Å². The van der Waals surface area contributed by atoms with Crippen molar-refractivity contribution < 1.29 is 9.47 Å². The topological polar surface area (TPSA) is 46.1 Å². The van der Waals surface area contributed by atoms with Crippen LogP contribution in [-0.2, 0) is 6.54 Å². The SMILES string of the molecule is CC1CCCCN1C1=CCC(CNCc2cccc3c2OCO3)=CC=N1. The quantitative estimate of drug-likeness (QED) is 0.878. The fourth-order valence-corrected chi connectivity index (χ4v) is 3.81. The third-order valence-corrected chi connectivity index (χ3v) is 5.31. The fraction of sp³-hybridized carbons (Fsp3) is 0.476. The van der Waals surface area contributed by atoms with E-state index in [-0.39, 0.29) is 0 Å². The first-order chi connectivity index (χ1) is 12.8. The molecule has 1 atom stereocenters. The molecule has 5 nitrogen and oxygen atoms in total. The van der Waals surface area contributed by atoms with Crippen molar-refractivity contribution in [2.75, 3.05) is 19.9 Å². The van der Waals surface area contributed by atoms with E-state index in [2.05, 4.69) is 40.4 Å². The van der Waals surface area contributed by atoms with Gasteiger partial charge < -0.3 is 19.7 Å². The average molecular weight is 353 g/mol. The van der Waals surface area contributed by atoms with Crippen LogP contribution in [0.2, 0.25) is 0 Å². The smallest absolute Gasteiger partial charge is 0.231 e. The molecule has 1 fully saturated rings. The number of benzene rings is 1. The lowest BCUT2D eigenvalue weighted by molar-refractivity contribution is 0.173. The Hall–Kier alpha value is -2.27. The molecule has 0 saturated carbocycles. The fourth-order valence-electron chi connectivity index (χ4n) is 3.81. The lowest BCUT2D eigenvalue weighted by Gasteiger charge is -2.35. The molecule has 5 heteroatoms. The number of allylic oxidation sites excluding steroid dienone is 2. The Kier molecular flexibility index (Phi) is 5.25. The molecule has 26 heavy (non-hydrogen) atoms. The van der Waals surface area contributed by atoms with E-state index < -0.39 is 0 Å². The van der Waals surface area contributed by atoms with Gasteiger partial charge in [0.2, 0.25) is 6.79 Å². The number of hydrogen-bond acceptors (Lipinski definition) is 5. The Morgan fingerprint density at radius 1 is 1.23 bits per heavy atom. The van der Waals surface area contributed by atoms with Crippen LogP contribution in [0, 0.1) is 0 Å². The number of nitrogens with one attached hydrogen (secondary N) is 1. The molecule has 0 spiro atoms. The molecule has 3 heterocycles. The third kappa shape index (κ3) is 3.78. The summed E-state index contributed by atoms with van der Waals surface area (Å²) in [6.45, 7) is 5.35. The van der Waals surface area contributed by atoms with Gasteiger partial charge in [0.1, 0.15) is 5.82 Å². The highest BCUT2D eigenvalue weighted by molar-refractivity contribution is 5.74. The molecule has 0 aromatic heterocycles. The molecule has 1 aromatic rings. The van der Waals surface area contributed by atoms with Gasteiger partial charge in [0.15, 0.2) is 11.5 Å².